The van der Waals surface area contributed by atoms with Crippen molar-refractivity contribution in [2.24, 2.45) is 0 Å². The molecular formula is C10H10N6O2. The number of carbonyl (C=O) groups excluding carboxylic acids is 1. The van der Waals surface area contributed by atoms with Crippen LogP contribution in [0.25, 0.3) is 16.8 Å². The molecule has 1 N–H and O–H groups in total. The summed E-state index contributed by atoms with van der Waals surface area (Å²) in [4.78, 5) is 22.5. The highest BCUT2D eigenvalue weighted by molar-refractivity contribution is 5.84. The summed E-state index contributed by atoms with van der Waals surface area (Å²) < 4.78 is 6.53. The van der Waals surface area contributed by atoms with Crippen LogP contribution in [0.5, 0.6) is 0 Å². The number of esters is 1. The predicted molar refractivity (Wildman–Crippen MR) is 60.8 cm³/mol. The van der Waals surface area contributed by atoms with E-state index >= 15 is 0 Å². The lowest BCUT2D eigenvalue weighted by molar-refractivity contribution is -0.142. The fourth-order valence-electron chi connectivity index (χ4n) is 1.74. The van der Waals surface area contributed by atoms with Crippen LogP contribution in [-0.2, 0) is 16.0 Å². The third-order valence-corrected chi connectivity index (χ3v) is 2.51. The largest absolute Gasteiger partial charge is 0.466 e. The summed E-state index contributed by atoms with van der Waals surface area (Å²) in [5, 5.41) is 8.00. The molecule has 0 unspecified atom stereocenters. The minimum Gasteiger partial charge on any atom is -0.466 e. The molecule has 0 radical (unpaired) electrons. The quantitative estimate of drug-likeness (QED) is 0.658. The average Bonchev–Trinajstić information content (AvgIpc) is 2.95. The summed E-state index contributed by atoms with van der Waals surface area (Å²) in [7, 11) is 0. The topological polar surface area (TPSA) is 98.1 Å². The molecule has 3 aromatic rings. The van der Waals surface area contributed by atoms with Crippen LogP contribution >= 0.6 is 0 Å². The summed E-state index contributed by atoms with van der Waals surface area (Å²) in [6.45, 7) is 2.11. The second-order valence-electron chi connectivity index (χ2n) is 3.64. The van der Waals surface area contributed by atoms with Crippen molar-refractivity contribution in [3.05, 3.63) is 18.5 Å². The van der Waals surface area contributed by atoms with E-state index in [1.165, 1.54) is 6.33 Å². The van der Waals surface area contributed by atoms with E-state index in [-0.39, 0.29) is 12.4 Å². The van der Waals surface area contributed by atoms with E-state index < -0.39 is 0 Å². The molecule has 0 amide bonds. The molecule has 0 fully saturated rings. The summed E-state index contributed by atoms with van der Waals surface area (Å²) in [6, 6.07) is 0. The van der Waals surface area contributed by atoms with Gasteiger partial charge in [-0.05, 0) is 6.92 Å². The highest BCUT2D eigenvalue weighted by Crippen LogP contribution is 2.13. The van der Waals surface area contributed by atoms with Crippen LogP contribution in [0.2, 0.25) is 0 Å². The third-order valence-electron chi connectivity index (χ3n) is 2.51. The average molecular weight is 246 g/mol. The van der Waals surface area contributed by atoms with Gasteiger partial charge in [-0.3, -0.25) is 9.20 Å². The van der Waals surface area contributed by atoms with Gasteiger partial charge < -0.3 is 9.72 Å². The summed E-state index contributed by atoms with van der Waals surface area (Å²) >= 11 is 0. The Balaban J connectivity index is 2.06. The van der Waals surface area contributed by atoms with E-state index in [2.05, 4.69) is 25.1 Å². The first-order valence-electron chi connectivity index (χ1n) is 5.47. The highest BCUT2D eigenvalue weighted by Gasteiger charge is 2.14. The summed E-state index contributed by atoms with van der Waals surface area (Å²) in [6.07, 6.45) is 3.15. The molecule has 3 aromatic heterocycles. The van der Waals surface area contributed by atoms with Gasteiger partial charge in [-0.15, -0.1) is 10.2 Å². The normalized spacial score (nSPS) is 11.2. The van der Waals surface area contributed by atoms with Crippen LogP contribution in [-0.4, -0.2) is 42.1 Å². The SMILES string of the molecule is CCOC(=O)Cc1nnc2c3[nH]cnc3ncn12. The number of hydrogen-bond donors (Lipinski definition) is 1. The Hall–Kier alpha value is -2.51. The standard InChI is InChI=1S/C10H10N6O2/c1-2-18-7(17)3-6-14-15-10-8-9(12-4-11-8)13-5-16(6)10/h4-5H,2-3H2,1H3,(H,11,12). The molecule has 3 heterocycles. The molecule has 0 aliphatic carbocycles. The second kappa shape index (κ2) is 4.06. The van der Waals surface area contributed by atoms with Gasteiger partial charge in [0.2, 0.25) is 0 Å². The van der Waals surface area contributed by atoms with Gasteiger partial charge in [0.1, 0.15) is 24.1 Å². The Bertz CT molecular complexity index is 715. The Morgan fingerprint density at radius 2 is 2.33 bits per heavy atom. The number of fused-ring (bicyclic) bond motifs is 3. The van der Waals surface area contributed by atoms with Gasteiger partial charge in [-0.1, -0.05) is 0 Å². The predicted octanol–water partition coefficient (Wildman–Crippen LogP) is 0.106. The number of rotatable bonds is 3. The minimum atomic E-state index is -0.337. The number of aromatic nitrogens is 6. The maximum Gasteiger partial charge on any atom is 0.313 e. The maximum absolute atomic E-state index is 11.4. The molecule has 0 aliphatic heterocycles. The van der Waals surface area contributed by atoms with Crippen molar-refractivity contribution in [3.8, 4) is 0 Å². The fourth-order valence-corrected chi connectivity index (χ4v) is 1.74. The smallest absolute Gasteiger partial charge is 0.313 e. The number of nitrogens with zero attached hydrogens (tertiary/aromatic N) is 5. The first-order chi connectivity index (χ1) is 8.79. The second-order valence-corrected chi connectivity index (χ2v) is 3.64. The molecule has 0 saturated heterocycles. The summed E-state index contributed by atoms with van der Waals surface area (Å²) in [5.41, 5.74) is 1.86. The summed E-state index contributed by atoms with van der Waals surface area (Å²) in [5.74, 6) is 0.156. The van der Waals surface area contributed by atoms with Gasteiger partial charge in [-0.2, -0.15) is 0 Å². The van der Waals surface area contributed by atoms with Gasteiger partial charge in [0.25, 0.3) is 0 Å². The van der Waals surface area contributed by atoms with Crippen molar-refractivity contribution in [2.75, 3.05) is 6.61 Å². The zero-order chi connectivity index (χ0) is 12.5. The molecule has 0 atom stereocenters. The third kappa shape index (κ3) is 1.58. The Kier molecular flexibility index (Phi) is 2.40. The zero-order valence-corrected chi connectivity index (χ0v) is 9.62. The van der Waals surface area contributed by atoms with E-state index in [0.29, 0.717) is 29.2 Å². The zero-order valence-electron chi connectivity index (χ0n) is 9.62. The Labute approximate surface area is 101 Å². The van der Waals surface area contributed by atoms with Gasteiger partial charge in [-0.25, -0.2) is 9.97 Å². The molecule has 0 aliphatic rings. The number of aromatic amines is 1. The van der Waals surface area contributed by atoms with Crippen molar-refractivity contribution in [2.45, 2.75) is 13.3 Å². The van der Waals surface area contributed by atoms with Crippen LogP contribution in [0.15, 0.2) is 12.7 Å². The van der Waals surface area contributed by atoms with Crippen LogP contribution in [0.3, 0.4) is 0 Å². The first-order valence-corrected chi connectivity index (χ1v) is 5.47. The monoisotopic (exact) mass is 246 g/mol. The van der Waals surface area contributed by atoms with Gasteiger partial charge in [0, 0.05) is 0 Å². The highest BCUT2D eigenvalue weighted by atomic mass is 16.5. The van der Waals surface area contributed by atoms with E-state index in [0.717, 1.165) is 0 Å². The van der Waals surface area contributed by atoms with Gasteiger partial charge in [0.05, 0.1) is 12.9 Å². The van der Waals surface area contributed by atoms with Crippen LogP contribution < -0.4 is 0 Å². The van der Waals surface area contributed by atoms with Crippen molar-refractivity contribution in [3.63, 3.8) is 0 Å². The Morgan fingerprint density at radius 3 is 3.17 bits per heavy atom. The molecule has 8 heteroatoms. The fraction of sp³-hybridized carbons (Fsp3) is 0.300. The molecule has 92 valence electrons. The van der Waals surface area contributed by atoms with Crippen LogP contribution in [0, 0.1) is 0 Å². The van der Waals surface area contributed by atoms with Crippen LogP contribution in [0.4, 0.5) is 0 Å². The van der Waals surface area contributed by atoms with E-state index in [4.69, 9.17) is 4.74 Å². The molecule has 3 rings (SSSR count). The van der Waals surface area contributed by atoms with Crippen molar-refractivity contribution < 1.29 is 9.53 Å². The van der Waals surface area contributed by atoms with Crippen molar-refractivity contribution in [1.29, 1.82) is 0 Å². The molecule has 8 nitrogen and oxygen atoms in total. The van der Waals surface area contributed by atoms with E-state index in [1.807, 2.05) is 0 Å². The molecule has 0 spiro atoms. The van der Waals surface area contributed by atoms with Crippen molar-refractivity contribution >= 4 is 22.8 Å². The number of hydrogen-bond acceptors (Lipinski definition) is 6. The molecule has 0 bridgehead atoms. The van der Waals surface area contributed by atoms with Gasteiger partial charge in [0.15, 0.2) is 11.3 Å². The lowest BCUT2D eigenvalue weighted by atomic mass is 10.4. The van der Waals surface area contributed by atoms with E-state index in [9.17, 15) is 4.79 Å². The molecule has 0 saturated carbocycles. The number of imidazole rings is 1. The maximum atomic E-state index is 11.4. The number of nitrogens with one attached hydrogen (secondary N) is 1. The Morgan fingerprint density at radius 1 is 1.44 bits per heavy atom. The molecule has 18 heavy (non-hydrogen) atoms. The lowest BCUT2D eigenvalue weighted by Crippen LogP contribution is -2.10. The minimum absolute atomic E-state index is 0.0658. The van der Waals surface area contributed by atoms with E-state index in [1.54, 1.807) is 17.7 Å². The first kappa shape index (κ1) is 10.6. The lowest BCUT2D eigenvalue weighted by Gasteiger charge is -2.00. The van der Waals surface area contributed by atoms with Crippen molar-refractivity contribution in [1.82, 2.24) is 29.5 Å². The number of ether oxygens (including phenoxy) is 1. The molecular weight excluding hydrogens is 236 g/mol. The number of H-pyrrole nitrogens is 1. The van der Waals surface area contributed by atoms with Gasteiger partial charge >= 0.3 is 5.97 Å². The van der Waals surface area contributed by atoms with Crippen LogP contribution in [0.1, 0.15) is 12.7 Å². The molecule has 0 aromatic carbocycles. The number of carbonyl (C=O) groups is 1.